The minimum absolute atomic E-state index is 0.108. The van der Waals surface area contributed by atoms with Gasteiger partial charge in [-0.05, 0) is 58.9 Å². The number of anilines is 2. The van der Waals surface area contributed by atoms with Gasteiger partial charge in [0.1, 0.15) is 5.82 Å². The van der Waals surface area contributed by atoms with Crippen LogP contribution in [0.3, 0.4) is 0 Å². The fraction of sp³-hybridized carbons (Fsp3) is 0.542. The van der Waals surface area contributed by atoms with E-state index in [1.165, 1.54) is 0 Å². The second-order valence-electron chi connectivity index (χ2n) is 9.39. The third-order valence-electron chi connectivity index (χ3n) is 6.20. The zero-order valence-electron chi connectivity index (χ0n) is 21.0. The maximum atomic E-state index is 11.9. The molecule has 1 aliphatic heterocycles. The predicted octanol–water partition coefficient (Wildman–Crippen LogP) is 3.88. The Bertz CT molecular complexity index is 1020. The summed E-state index contributed by atoms with van der Waals surface area (Å²) in [6, 6.07) is 8.65. The zero-order chi connectivity index (χ0) is 25.8. The number of benzene rings is 1. The molecule has 194 valence electrons. The molecule has 1 aromatic heterocycles. The van der Waals surface area contributed by atoms with Crippen LogP contribution in [0.25, 0.3) is 11.4 Å². The fourth-order valence-corrected chi connectivity index (χ4v) is 5.47. The molecular formula is C24H37N5O5S. The molecule has 1 atom stereocenters. The number of hydrogen-bond acceptors (Lipinski definition) is 8. The molecule has 1 aromatic carbocycles. The van der Waals surface area contributed by atoms with Crippen LogP contribution in [0.2, 0.25) is 0 Å². The van der Waals surface area contributed by atoms with Gasteiger partial charge in [-0.1, -0.05) is 0 Å². The van der Waals surface area contributed by atoms with Crippen molar-refractivity contribution in [1.82, 2.24) is 15.3 Å². The molecule has 2 amide bonds. The molecule has 0 spiro atoms. The number of morpholine rings is 1. The lowest BCUT2D eigenvalue weighted by molar-refractivity contribution is 0.0985. The Labute approximate surface area is 208 Å². The number of urea groups is 1. The Kier molecular flexibility index (Phi) is 8.60. The number of rotatable bonds is 8. The van der Waals surface area contributed by atoms with Crippen molar-refractivity contribution >= 4 is 28.1 Å². The number of ether oxygens (including phenoxy) is 1. The number of aliphatic hydroxyl groups excluding tert-OH is 1. The summed E-state index contributed by atoms with van der Waals surface area (Å²) in [7, 11) is -3.02. The minimum atomic E-state index is -3.02. The van der Waals surface area contributed by atoms with Gasteiger partial charge < -0.3 is 25.4 Å². The van der Waals surface area contributed by atoms with Crippen LogP contribution in [0.4, 0.5) is 16.3 Å². The lowest BCUT2D eigenvalue weighted by Gasteiger charge is -2.49. The molecule has 0 aliphatic carbocycles. The third kappa shape index (κ3) is 6.04. The zero-order valence-corrected chi connectivity index (χ0v) is 21.8. The summed E-state index contributed by atoms with van der Waals surface area (Å²) in [6.45, 7) is 11.1. The van der Waals surface area contributed by atoms with Gasteiger partial charge in [0, 0.05) is 35.7 Å². The SMILES string of the molecule is CC(C)S(O)(O)C(C)(C)c1cc(N2CCOC[C@@H]2C)nc(-c2ccc(NC(=O)NCCO)cc2)n1. The van der Waals surface area contributed by atoms with Crippen molar-refractivity contribution in [3.05, 3.63) is 36.0 Å². The largest absolute Gasteiger partial charge is 0.395 e. The van der Waals surface area contributed by atoms with E-state index in [9.17, 15) is 13.9 Å². The molecular weight excluding hydrogens is 470 g/mol. The standard InChI is InChI=1S/C24H37N5O5S/c1-16(2)35(32,33)24(4,5)20-14-21(29-11-13-34-15-17(29)3)28-22(27-20)18-6-8-19(9-7-18)26-23(31)25-10-12-30/h6-9,14,16-17,30,32-33H,10-13,15H2,1-5H3,(H2,25,26,31)/t17-/m0/s1. The van der Waals surface area contributed by atoms with Crippen LogP contribution in [-0.2, 0) is 9.48 Å². The van der Waals surface area contributed by atoms with E-state index in [1.54, 1.807) is 52.0 Å². The summed E-state index contributed by atoms with van der Waals surface area (Å²) in [4.78, 5) is 23.6. The van der Waals surface area contributed by atoms with Crippen LogP contribution in [-0.4, -0.2) is 74.4 Å². The van der Waals surface area contributed by atoms with Crippen molar-refractivity contribution in [1.29, 1.82) is 0 Å². The van der Waals surface area contributed by atoms with Gasteiger partial charge in [-0.3, -0.25) is 9.11 Å². The van der Waals surface area contributed by atoms with Crippen LogP contribution in [0, 0.1) is 0 Å². The average Bonchev–Trinajstić information content (AvgIpc) is 2.83. The molecule has 1 fully saturated rings. The smallest absolute Gasteiger partial charge is 0.319 e. The highest BCUT2D eigenvalue weighted by molar-refractivity contribution is 8.25. The van der Waals surface area contributed by atoms with E-state index in [-0.39, 0.29) is 24.4 Å². The van der Waals surface area contributed by atoms with E-state index in [0.717, 1.165) is 5.56 Å². The van der Waals surface area contributed by atoms with Crippen LogP contribution >= 0.6 is 10.6 Å². The maximum Gasteiger partial charge on any atom is 0.319 e. The maximum absolute atomic E-state index is 11.9. The van der Waals surface area contributed by atoms with Crippen molar-refractivity contribution in [3.63, 3.8) is 0 Å². The van der Waals surface area contributed by atoms with Gasteiger partial charge in [0.15, 0.2) is 5.82 Å². The van der Waals surface area contributed by atoms with Gasteiger partial charge in [-0.25, -0.2) is 14.8 Å². The van der Waals surface area contributed by atoms with E-state index < -0.39 is 21.4 Å². The number of nitrogens with one attached hydrogen (secondary N) is 2. The number of nitrogens with zero attached hydrogens (tertiary/aromatic N) is 3. The second kappa shape index (κ2) is 11.1. The van der Waals surface area contributed by atoms with Crippen molar-refractivity contribution < 1.29 is 23.7 Å². The topological polar surface area (TPSA) is 140 Å². The van der Waals surface area contributed by atoms with Gasteiger partial charge in [0.05, 0.1) is 36.3 Å². The molecule has 10 nitrogen and oxygen atoms in total. The van der Waals surface area contributed by atoms with Crippen LogP contribution in [0.15, 0.2) is 30.3 Å². The predicted molar refractivity (Wildman–Crippen MR) is 140 cm³/mol. The number of hydrogen-bond donors (Lipinski definition) is 5. The normalized spacial score (nSPS) is 17.4. The lowest BCUT2D eigenvalue weighted by atomic mass is 10.1. The molecule has 2 aromatic rings. The molecule has 11 heteroatoms. The summed E-state index contributed by atoms with van der Waals surface area (Å²) >= 11 is 0. The molecule has 5 N–H and O–H groups in total. The first kappa shape index (κ1) is 27.2. The Hall–Kier alpha value is -2.44. The lowest BCUT2D eigenvalue weighted by Crippen LogP contribution is -2.44. The van der Waals surface area contributed by atoms with E-state index in [0.29, 0.717) is 42.8 Å². The highest BCUT2D eigenvalue weighted by atomic mass is 32.3. The molecule has 2 heterocycles. The summed E-state index contributed by atoms with van der Waals surface area (Å²) in [5.74, 6) is 1.16. The number of aromatic nitrogens is 2. The van der Waals surface area contributed by atoms with Gasteiger partial charge in [-0.2, -0.15) is 10.6 Å². The first-order chi connectivity index (χ1) is 16.5. The third-order valence-corrected chi connectivity index (χ3v) is 9.22. The first-order valence-corrected chi connectivity index (χ1v) is 13.3. The van der Waals surface area contributed by atoms with Crippen LogP contribution in [0.5, 0.6) is 0 Å². The molecule has 35 heavy (non-hydrogen) atoms. The number of carbonyl (C=O) groups excluding carboxylic acids is 1. The molecule has 0 bridgehead atoms. The van der Waals surface area contributed by atoms with Crippen molar-refractivity contribution in [2.24, 2.45) is 0 Å². The molecule has 1 saturated heterocycles. The minimum Gasteiger partial charge on any atom is -0.395 e. The van der Waals surface area contributed by atoms with Crippen molar-refractivity contribution in [2.75, 3.05) is 43.1 Å². The van der Waals surface area contributed by atoms with Gasteiger partial charge in [0.25, 0.3) is 0 Å². The first-order valence-electron chi connectivity index (χ1n) is 11.7. The Morgan fingerprint density at radius 2 is 1.94 bits per heavy atom. The Morgan fingerprint density at radius 3 is 2.54 bits per heavy atom. The summed E-state index contributed by atoms with van der Waals surface area (Å²) < 4.78 is 26.7. The summed E-state index contributed by atoms with van der Waals surface area (Å²) in [5, 5.41) is 13.7. The van der Waals surface area contributed by atoms with Crippen LogP contribution < -0.4 is 15.5 Å². The molecule has 1 aliphatic rings. The van der Waals surface area contributed by atoms with E-state index in [4.69, 9.17) is 19.8 Å². The highest BCUT2D eigenvalue weighted by Crippen LogP contribution is 2.60. The quantitative estimate of drug-likeness (QED) is 0.363. The molecule has 0 radical (unpaired) electrons. The van der Waals surface area contributed by atoms with Gasteiger partial charge in [0.2, 0.25) is 0 Å². The molecule has 3 rings (SSSR count). The van der Waals surface area contributed by atoms with E-state index in [1.807, 2.05) is 6.07 Å². The fourth-order valence-electron chi connectivity index (χ4n) is 3.88. The Morgan fingerprint density at radius 1 is 1.26 bits per heavy atom. The van der Waals surface area contributed by atoms with Gasteiger partial charge in [-0.15, -0.1) is 0 Å². The summed E-state index contributed by atoms with van der Waals surface area (Å²) in [5.41, 5.74) is 1.86. The molecule has 0 unspecified atom stereocenters. The van der Waals surface area contributed by atoms with E-state index >= 15 is 0 Å². The second-order valence-corrected chi connectivity index (χ2v) is 12.5. The van der Waals surface area contributed by atoms with E-state index in [2.05, 4.69) is 22.5 Å². The molecule has 0 saturated carbocycles. The van der Waals surface area contributed by atoms with Crippen molar-refractivity contribution in [2.45, 2.75) is 50.7 Å². The monoisotopic (exact) mass is 507 g/mol. The number of carbonyl (C=O) groups is 1. The van der Waals surface area contributed by atoms with Crippen LogP contribution in [0.1, 0.15) is 40.3 Å². The van der Waals surface area contributed by atoms with Gasteiger partial charge >= 0.3 is 6.03 Å². The van der Waals surface area contributed by atoms with Crippen molar-refractivity contribution in [3.8, 4) is 11.4 Å². The average molecular weight is 508 g/mol. The Balaban J connectivity index is 2.01. The highest BCUT2D eigenvalue weighted by Gasteiger charge is 2.40. The summed E-state index contributed by atoms with van der Waals surface area (Å²) in [6.07, 6.45) is 0. The number of amides is 2. The number of aliphatic hydroxyl groups is 1.